The number of nitrogens with zero attached hydrogens (tertiary/aromatic N) is 1. The van der Waals surface area contributed by atoms with Gasteiger partial charge in [-0.05, 0) is 50.2 Å². The number of hydrogen-bond acceptors (Lipinski definition) is 6. The molecule has 28 heavy (non-hydrogen) atoms. The smallest absolute Gasteiger partial charge is 0.264 e. The molecule has 2 aromatic rings. The van der Waals surface area contributed by atoms with E-state index < -0.39 is 31.0 Å². The van der Waals surface area contributed by atoms with Crippen molar-refractivity contribution in [3.63, 3.8) is 0 Å². The van der Waals surface area contributed by atoms with E-state index in [0.29, 0.717) is 10.2 Å². The lowest BCUT2D eigenvalue weighted by Crippen LogP contribution is -2.25. The molecule has 8 nitrogen and oxygen atoms in total. The number of anilines is 1. The molecule has 0 fully saturated rings. The zero-order valence-corrected chi connectivity index (χ0v) is 17.5. The second kappa shape index (κ2) is 8.39. The molecule has 0 spiro atoms. The molecule has 0 bridgehead atoms. The van der Waals surface area contributed by atoms with Crippen molar-refractivity contribution in [3.05, 3.63) is 54.1 Å². The molecule has 0 saturated heterocycles. The summed E-state index contributed by atoms with van der Waals surface area (Å²) in [6.07, 6.45) is 0. The van der Waals surface area contributed by atoms with E-state index in [4.69, 9.17) is 4.84 Å². The highest BCUT2D eigenvalue weighted by Crippen LogP contribution is 2.23. The van der Waals surface area contributed by atoms with Crippen LogP contribution in [0.25, 0.3) is 0 Å². The molecule has 0 saturated carbocycles. The lowest BCUT2D eigenvalue weighted by Gasteiger charge is -2.15. The number of nitrogens with one attached hydrogen (secondary N) is 1. The quantitative estimate of drug-likeness (QED) is 0.681. The SMILES string of the molecule is CON(C)S(=O)(=O)c1ccc(NC(=O)c2ccccc2S(=O)(=O)C(C)C)cc1. The molecule has 0 atom stereocenters. The molecule has 2 rings (SSSR count). The summed E-state index contributed by atoms with van der Waals surface area (Å²) in [5.74, 6) is -0.607. The van der Waals surface area contributed by atoms with Crippen molar-refractivity contribution in [2.45, 2.75) is 28.9 Å². The lowest BCUT2D eigenvalue weighted by atomic mass is 10.2. The fourth-order valence-electron chi connectivity index (χ4n) is 2.31. The molecule has 10 heteroatoms. The number of amides is 1. The van der Waals surface area contributed by atoms with Gasteiger partial charge in [-0.3, -0.25) is 9.63 Å². The second-order valence-electron chi connectivity index (χ2n) is 6.17. The first-order valence-electron chi connectivity index (χ1n) is 8.29. The van der Waals surface area contributed by atoms with Gasteiger partial charge in [0.25, 0.3) is 15.9 Å². The fourth-order valence-corrected chi connectivity index (χ4v) is 4.53. The first-order valence-corrected chi connectivity index (χ1v) is 11.3. The Kier molecular flexibility index (Phi) is 6.60. The minimum Gasteiger partial charge on any atom is -0.322 e. The van der Waals surface area contributed by atoms with E-state index in [1.165, 1.54) is 50.6 Å². The highest BCUT2D eigenvalue weighted by Gasteiger charge is 2.25. The zero-order chi connectivity index (χ0) is 21.1. The minimum absolute atomic E-state index is 0.0161. The summed E-state index contributed by atoms with van der Waals surface area (Å²) in [7, 11) is -4.95. The van der Waals surface area contributed by atoms with Gasteiger partial charge < -0.3 is 5.32 Å². The molecule has 1 amide bonds. The van der Waals surface area contributed by atoms with Crippen molar-refractivity contribution in [2.24, 2.45) is 0 Å². The standard InChI is InChI=1S/C18H22N2O6S2/c1-13(2)27(22,23)17-8-6-5-7-16(17)18(21)19-14-9-11-15(12-10-14)28(24,25)20(3)26-4/h5-13H,1-4H3,(H,19,21). The number of hydroxylamine groups is 1. The largest absolute Gasteiger partial charge is 0.322 e. The summed E-state index contributed by atoms with van der Waals surface area (Å²) in [4.78, 5) is 17.3. The van der Waals surface area contributed by atoms with Crippen molar-refractivity contribution < 1.29 is 26.5 Å². The maximum absolute atomic E-state index is 12.6. The van der Waals surface area contributed by atoms with Gasteiger partial charge in [0, 0.05) is 12.7 Å². The van der Waals surface area contributed by atoms with Crippen LogP contribution in [0.15, 0.2) is 58.3 Å². The Morgan fingerprint density at radius 1 is 1.00 bits per heavy atom. The third-order valence-electron chi connectivity index (χ3n) is 4.06. The van der Waals surface area contributed by atoms with Gasteiger partial charge in [0.15, 0.2) is 9.84 Å². The minimum atomic E-state index is -3.80. The number of rotatable bonds is 7. The van der Waals surface area contributed by atoms with E-state index in [-0.39, 0.29) is 15.4 Å². The molecule has 0 heterocycles. The number of carbonyl (C=O) groups is 1. The molecule has 0 aliphatic rings. The number of sulfone groups is 1. The average Bonchev–Trinajstić information content (AvgIpc) is 2.67. The molecular weight excluding hydrogens is 404 g/mol. The van der Waals surface area contributed by atoms with Crippen LogP contribution in [0.2, 0.25) is 0 Å². The Hall–Kier alpha value is -2.27. The van der Waals surface area contributed by atoms with E-state index in [1.807, 2.05) is 0 Å². The maximum Gasteiger partial charge on any atom is 0.264 e. The third kappa shape index (κ3) is 4.41. The second-order valence-corrected chi connectivity index (χ2v) is 10.6. The molecule has 152 valence electrons. The molecule has 0 unspecified atom stereocenters. The van der Waals surface area contributed by atoms with Gasteiger partial charge >= 0.3 is 0 Å². The van der Waals surface area contributed by atoms with Crippen molar-refractivity contribution >= 4 is 31.5 Å². The van der Waals surface area contributed by atoms with E-state index in [0.717, 1.165) is 0 Å². The van der Waals surface area contributed by atoms with E-state index in [2.05, 4.69) is 5.32 Å². The van der Waals surface area contributed by atoms with Gasteiger partial charge in [-0.2, -0.15) is 0 Å². The summed E-state index contributed by atoms with van der Waals surface area (Å²) in [6.45, 7) is 3.08. The summed E-state index contributed by atoms with van der Waals surface area (Å²) < 4.78 is 50.1. The number of benzene rings is 2. The van der Waals surface area contributed by atoms with Crippen LogP contribution in [-0.2, 0) is 24.7 Å². The Labute approximate surface area is 165 Å². The van der Waals surface area contributed by atoms with Crippen molar-refractivity contribution in [2.75, 3.05) is 19.5 Å². The number of carbonyl (C=O) groups excluding carboxylic acids is 1. The van der Waals surface area contributed by atoms with Crippen LogP contribution in [0, 0.1) is 0 Å². The van der Waals surface area contributed by atoms with Crippen LogP contribution >= 0.6 is 0 Å². The van der Waals surface area contributed by atoms with Crippen LogP contribution in [0.5, 0.6) is 0 Å². The summed E-state index contributed by atoms with van der Waals surface area (Å²) in [5, 5.41) is 1.91. The Balaban J connectivity index is 2.31. The maximum atomic E-state index is 12.6. The Morgan fingerprint density at radius 3 is 2.11 bits per heavy atom. The highest BCUT2D eigenvalue weighted by molar-refractivity contribution is 7.92. The first kappa shape index (κ1) is 22.0. The monoisotopic (exact) mass is 426 g/mol. The summed E-state index contributed by atoms with van der Waals surface area (Å²) in [5.41, 5.74) is 0.341. The first-order chi connectivity index (χ1) is 13.0. The van der Waals surface area contributed by atoms with Crippen molar-refractivity contribution in [3.8, 4) is 0 Å². The molecule has 0 aliphatic carbocycles. The van der Waals surface area contributed by atoms with Crippen LogP contribution in [0.3, 0.4) is 0 Å². The number of hydrogen-bond donors (Lipinski definition) is 1. The van der Waals surface area contributed by atoms with Gasteiger partial charge in [0.05, 0.1) is 27.7 Å². The van der Waals surface area contributed by atoms with E-state index in [9.17, 15) is 21.6 Å². The van der Waals surface area contributed by atoms with Gasteiger partial charge in [-0.25, -0.2) is 16.8 Å². The van der Waals surface area contributed by atoms with Crippen LogP contribution < -0.4 is 5.32 Å². The Bertz CT molecular complexity index is 1060. The highest BCUT2D eigenvalue weighted by atomic mass is 32.2. The molecule has 2 aromatic carbocycles. The van der Waals surface area contributed by atoms with E-state index >= 15 is 0 Å². The van der Waals surface area contributed by atoms with Gasteiger partial charge in [0.1, 0.15) is 0 Å². The van der Waals surface area contributed by atoms with Crippen LogP contribution in [0.4, 0.5) is 5.69 Å². The Morgan fingerprint density at radius 2 is 1.57 bits per heavy atom. The molecular formula is C18H22N2O6S2. The lowest BCUT2D eigenvalue weighted by molar-refractivity contribution is -0.0258. The van der Waals surface area contributed by atoms with Gasteiger partial charge in [-0.1, -0.05) is 16.6 Å². The van der Waals surface area contributed by atoms with Crippen molar-refractivity contribution in [1.82, 2.24) is 4.47 Å². The third-order valence-corrected chi connectivity index (χ3v) is 7.97. The number of sulfonamides is 1. The normalized spacial score (nSPS) is 12.4. The molecule has 0 aliphatic heterocycles. The van der Waals surface area contributed by atoms with Gasteiger partial charge in [-0.15, -0.1) is 0 Å². The molecule has 1 N–H and O–H groups in total. The topological polar surface area (TPSA) is 110 Å². The summed E-state index contributed by atoms with van der Waals surface area (Å²) in [6, 6.07) is 11.4. The molecule has 0 aromatic heterocycles. The summed E-state index contributed by atoms with van der Waals surface area (Å²) >= 11 is 0. The molecule has 0 radical (unpaired) electrons. The average molecular weight is 427 g/mol. The van der Waals surface area contributed by atoms with E-state index in [1.54, 1.807) is 26.0 Å². The van der Waals surface area contributed by atoms with Crippen LogP contribution in [0.1, 0.15) is 24.2 Å². The van der Waals surface area contributed by atoms with Crippen LogP contribution in [-0.4, -0.2) is 46.6 Å². The fraction of sp³-hybridized carbons (Fsp3) is 0.278. The predicted octanol–water partition coefficient (Wildman–Crippen LogP) is 2.30. The van der Waals surface area contributed by atoms with Crippen molar-refractivity contribution in [1.29, 1.82) is 0 Å². The zero-order valence-electron chi connectivity index (χ0n) is 15.9. The van der Waals surface area contributed by atoms with Gasteiger partial charge in [0.2, 0.25) is 0 Å². The predicted molar refractivity (Wildman–Crippen MR) is 105 cm³/mol.